The summed E-state index contributed by atoms with van der Waals surface area (Å²) in [6, 6.07) is 17.5. The van der Waals surface area contributed by atoms with Crippen molar-refractivity contribution in [3.63, 3.8) is 0 Å². The number of benzene rings is 2. The lowest BCUT2D eigenvalue weighted by Crippen LogP contribution is -2.40. The van der Waals surface area contributed by atoms with Crippen LogP contribution >= 0.6 is 0 Å². The number of methoxy groups -OCH3 is 1. The van der Waals surface area contributed by atoms with Crippen LogP contribution in [0.15, 0.2) is 54.6 Å². The Hall–Kier alpha value is -2.29. The van der Waals surface area contributed by atoms with Gasteiger partial charge in [0.25, 0.3) is 5.91 Å². The number of carbonyl (C=O) groups is 1. The Labute approximate surface area is 131 Å². The number of rotatable bonds is 5. The smallest absolute Gasteiger partial charge is 0.262 e. The Morgan fingerprint density at radius 2 is 1.73 bits per heavy atom. The molecule has 0 aliphatic heterocycles. The first-order valence-electron chi connectivity index (χ1n) is 7.74. The van der Waals surface area contributed by atoms with Crippen molar-refractivity contribution < 1.29 is 9.53 Å². The first-order valence-corrected chi connectivity index (χ1v) is 7.74. The Balaban J connectivity index is 2.00. The summed E-state index contributed by atoms with van der Waals surface area (Å²) >= 11 is 0. The van der Waals surface area contributed by atoms with Crippen molar-refractivity contribution in [1.82, 2.24) is 0 Å². The molecule has 1 amide bonds. The summed E-state index contributed by atoms with van der Waals surface area (Å²) in [6.45, 7) is 2.14. The third-order valence-electron chi connectivity index (χ3n) is 4.30. The second-order valence-corrected chi connectivity index (χ2v) is 5.79. The van der Waals surface area contributed by atoms with Crippen molar-refractivity contribution in [2.24, 2.45) is 5.92 Å². The molecule has 1 atom stereocenters. The zero-order valence-corrected chi connectivity index (χ0v) is 13.0. The predicted molar refractivity (Wildman–Crippen MR) is 88.4 cm³/mol. The van der Waals surface area contributed by atoms with E-state index in [4.69, 9.17) is 4.74 Å². The molecule has 3 rings (SSSR count). The Kier molecular flexibility index (Phi) is 4.14. The van der Waals surface area contributed by atoms with Crippen LogP contribution in [0, 0.1) is 5.92 Å². The second kappa shape index (κ2) is 6.22. The van der Waals surface area contributed by atoms with Crippen molar-refractivity contribution in [3.05, 3.63) is 60.2 Å². The number of ether oxygens (including phenoxy) is 1. The molecular weight excluding hydrogens is 274 g/mol. The van der Waals surface area contributed by atoms with Gasteiger partial charge in [0, 0.05) is 11.7 Å². The SMILES string of the molecule is COc1ccccc1C(=O)N(c1ccccc1)C(C)C1CC1. The Morgan fingerprint density at radius 1 is 1.09 bits per heavy atom. The summed E-state index contributed by atoms with van der Waals surface area (Å²) in [5, 5.41) is 0. The van der Waals surface area contributed by atoms with E-state index in [1.807, 2.05) is 59.5 Å². The molecule has 0 bridgehead atoms. The van der Waals surface area contributed by atoms with Gasteiger partial charge in [-0.25, -0.2) is 0 Å². The molecule has 1 fully saturated rings. The van der Waals surface area contributed by atoms with Gasteiger partial charge in [0.2, 0.25) is 0 Å². The highest BCUT2D eigenvalue weighted by atomic mass is 16.5. The van der Waals surface area contributed by atoms with Gasteiger partial charge < -0.3 is 9.64 Å². The maximum atomic E-state index is 13.1. The highest BCUT2D eigenvalue weighted by molar-refractivity contribution is 6.08. The van der Waals surface area contributed by atoms with E-state index in [9.17, 15) is 4.79 Å². The lowest BCUT2D eigenvalue weighted by Gasteiger charge is -2.30. The lowest BCUT2D eigenvalue weighted by atomic mass is 10.1. The molecule has 3 nitrogen and oxygen atoms in total. The van der Waals surface area contributed by atoms with Gasteiger partial charge in [-0.15, -0.1) is 0 Å². The van der Waals surface area contributed by atoms with E-state index in [1.54, 1.807) is 7.11 Å². The van der Waals surface area contributed by atoms with Crippen LogP contribution in [0.1, 0.15) is 30.1 Å². The number of hydrogen-bond donors (Lipinski definition) is 0. The van der Waals surface area contributed by atoms with Gasteiger partial charge in [-0.05, 0) is 49.9 Å². The summed E-state index contributed by atoms with van der Waals surface area (Å²) in [7, 11) is 1.60. The average Bonchev–Trinajstić information content (AvgIpc) is 3.40. The zero-order chi connectivity index (χ0) is 15.5. The molecule has 1 aliphatic rings. The molecule has 2 aromatic carbocycles. The van der Waals surface area contributed by atoms with Gasteiger partial charge in [0.05, 0.1) is 12.7 Å². The van der Waals surface area contributed by atoms with Gasteiger partial charge >= 0.3 is 0 Å². The van der Waals surface area contributed by atoms with Crippen molar-refractivity contribution in [3.8, 4) is 5.75 Å². The predicted octanol–water partition coefficient (Wildman–Crippen LogP) is 4.14. The molecule has 22 heavy (non-hydrogen) atoms. The highest BCUT2D eigenvalue weighted by Gasteiger charge is 2.36. The molecule has 0 saturated heterocycles. The normalized spacial score (nSPS) is 15.2. The van der Waals surface area contributed by atoms with E-state index in [0.717, 1.165) is 5.69 Å². The minimum Gasteiger partial charge on any atom is -0.496 e. The van der Waals surface area contributed by atoms with E-state index in [-0.39, 0.29) is 11.9 Å². The molecule has 2 aromatic rings. The third kappa shape index (κ3) is 2.84. The average molecular weight is 295 g/mol. The molecule has 1 saturated carbocycles. The maximum Gasteiger partial charge on any atom is 0.262 e. The Morgan fingerprint density at radius 3 is 2.36 bits per heavy atom. The van der Waals surface area contributed by atoms with Gasteiger partial charge in [0.1, 0.15) is 5.75 Å². The van der Waals surface area contributed by atoms with Crippen LogP contribution in [0.3, 0.4) is 0 Å². The van der Waals surface area contributed by atoms with Crippen LogP contribution in [0.25, 0.3) is 0 Å². The highest BCUT2D eigenvalue weighted by Crippen LogP contribution is 2.38. The largest absolute Gasteiger partial charge is 0.496 e. The molecule has 1 unspecified atom stereocenters. The number of nitrogens with zero attached hydrogens (tertiary/aromatic N) is 1. The molecule has 0 spiro atoms. The van der Waals surface area contributed by atoms with Crippen molar-refractivity contribution in [1.29, 1.82) is 0 Å². The maximum absolute atomic E-state index is 13.1. The Bertz CT molecular complexity index is 649. The molecule has 0 heterocycles. The summed E-state index contributed by atoms with van der Waals surface area (Å²) in [5.41, 5.74) is 1.55. The standard InChI is InChI=1S/C19H21NO2/c1-14(15-12-13-15)20(16-8-4-3-5-9-16)19(21)17-10-6-7-11-18(17)22-2/h3-11,14-15H,12-13H2,1-2H3. The fourth-order valence-corrected chi connectivity index (χ4v) is 2.87. The number of amides is 1. The molecule has 0 N–H and O–H groups in total. The topological polar surface area (TPSA) is 29.5 Å². The van der Waals surface area contributed by atoms with Gasteiger partial charge in [-0.2, -0.15) is 0 Å². The van der Waals surface area contributed by atoms with Crippen LogP contribution in [-0.2, 0) is 0 Å². The molecule has 0 radical (unpaired) electrons. The van der Waals surface area contributed by atoms with Crippen LogP contribution in [0.4, 0.5) is 5.69 Å². The minimum absolute atomic E-state index is 0.00282. The van der Waals surface area contributed by atoms with Crippen LogP contribution in [-0.4, -0.2) is 19.1 Å². The first kappa shape index (κ1) is 14.6. The summed E-state index contributed by atoms with van der Waals surface area (Å²) < 4.78 is 5.36. The number of hydrogen-bond acceptors (Lipinski definition) is 2. The second-order valence-electron chi connectivity index (χ2n) is 5.79. The van der Waals surface area contributed by atoms with Crippen LogP contribution in [0.5, 0.6) is 5.75 Å². The zero-order valence-electron chi connectivity index (χ0n) is 13.0. The molecule has 3 heteroatoms. The summed E-state index contributed by atoms with van der Waals surface area (Å²) in [4.78, 5) is 15.1. The number of anilines is 1. The van der Waals surface area contributed by atoms with Crippen molar-refractivity contribution in [2.45, 2.75) is 25.8 Å². The third-order valence-corrected chi connectivity index (χ3v) is 4.30. The van der Waals surface area contributed by atoms with Crippen LogP contribution < -0.4 is 9.64 Å². The van der Waals surface area contributed by atoms with E-state index in [1.165, 1.54) is 12.8 Å². The van der Waals surface area contributed by atoms with E-state index in [0.29, 0.717) is 17.2 Å². The lowest BCUT2D eigenvalue weighted by molar-refractivity contribution is 0.0972. The van der Waals surface area contributed by atoms with E-state index < -0.39 is 0 Å². The minimum atomic E-state index is 0.00282. The molecule has 114 valence electrons. The van der Waals surface area contributed by atoms with Gasteiger partial charge in [-0.1, -0.05) is 30.3 Å². The molecule has 0 aromatic heterocycles. The van der Waals surface area contributed by atoms with Crippen molar-refractivity contribution in [2.75, 3.05) is 12.0 Å². The molecule has 1 aliphatic carbocycles. The summed E-state index contributed by atoms with van der Waals surface area (Å²) in [5.74, 6) is 1.22. The summed E-state index contributed by atoms with van der Waals surface area (Å²) in [6.07, 6.45) is 2.40. The van der Waals surface area contributed by atoms with Gasteiger partial charge in [0.15, 0.2) is 0 Å². The van der Waals surface area contributed by atoms with Crippen molar-refractivity contribution >= 4 is 11.6 Å². The first-order chi connectivity index (χ1) is 10.7. The van der Waals surface area contributed by atoms with Gasteiger partial charge in [-0.3, -0.25) is 4.79 Å². The van der Waals surface area contributed by atoms with E-state index >= 15 is 0 Å². The fraction of sp³-hybridized carbons (Fsp3) is 0.316. The number of para-hydroxylation sites is 2. The fourth-order valence-electron chi connectivity index (χ4n) is 2.87. The monoisotopic (exact) mass is 295 g/mol. The van der Waals surface area contributed by atoms with Crippen LogP contribution in [0.2, 0.25) is 0 Å². The number of carbonyl (C=O) groups excluding carboxylic acids is 1. The van der Waals surface area contributed by atoms with E-state index in [2.05, 4.69) is 6.92 Å². The quantitative estimate of drug-likeness (QED) is 0.829. The molecular formula is C19H21NO2.